The maximum atomic E-state index is 11.4. The van der Waals surface area contributed by atoms with Crippen molar-refractivity contribution in [2.75, 3.05) is 0 Å². The van der Waals surface area contributed by atoms with Gasteiger partial charge in [0.25, 0.3) is 0 Å². The summed E-state index contributed by atoms with van der Waals surface area (Å²) in [6.45, 7) is 1.91. The fraction of sp³-hybridized carbons (Fsp3) is 0.0667. The van der Waals surface area contributed by atoms with Crippen LogP contribution in [0.2, 0.25) is 5.02 Å². The van der Waals surface area contributed by atoms with E-state index >= 15 is 0 Å². The van der Waals surface area contributed by atoms with Crippen LogP contribution in [0.3, 0.4) is 0 Å². The molecule has 1 aromatic carbocycles. The van der Waals surface area contributed by atoms with Crippen molar-refractivity contribution < 1.29 is 9.90 Å². The smallest absolute Gasteiger partial charge is 0.339 e. The molecule has 1 N–H and O–H groups in total. The highest BCUT2D eigenvalue weighted by molar-refractivity contribution is 7.13. The molecule has 0 spiro atoms. The Kier molecular flexibility index (Phi) is 3.53. The van der Waals surface area contributed by atoms with Crippen LogP contribution in [0.1, 0.15) is 15.9 Å². The highest BCUT2D eigenvalue weighted by Crippen LogP contribution is 2.28. The van der Waals surface area contributed by atoms with E-state index in [0.717, 1.165) is 16.1 Å². The van der Waals surface area contributed by atoms with Gasteiger partial charge in [-0.1, -0.05) is 23.7 Å². The first kappa shape index (κ1) is 13.9. The number of hydrogen-bond acceptors (Lipinski definition) is 3. The fourth-order valence-electron chi connectivity index (χ4n) is 1.98. The molecule has 2 heterocycles. The first-order chi connectivity index (χ1) is 10.1. The van der Waals surface area contributed by atoms with Crippen LogP contribution in [0.25, 0.3) is 16.3 Å². The summed E-state index contributed by atoms with van der Waals surface area (Å²) in [6.07, 6.45) is 1.51. The SMILES string of the molecule is Cc1ccc(-n2cc(C(=O)O)c(-c3cccs3)n2)cc1Cl. The highest BCUT2D eigenvalue weighted by atomic mass is 35.5. The van der Waals surface area contributed by atoms with E-state index in [2.05, 4.69) is 5.10 Å². The molecule has 2 aromatic heterocycles. The summed E-state index contributed by atoms with van der Waals surface area (Å²) < 4.78 is 1.55. The Morgan fingerprint density at radius 3 is 2.81 bits per heavy atom. The van der Waals surface area contributed by atoms with Gasteiger partial charge in [0, 0.05) is 11.2 Å². The number of aryl methyl sites for hydroxylation is 1. The standard InChI is InChI=1S/C15H11ClN2O2S/c1-9-4-5-10(7-12(9)16)18-8-11(15(19)20)14(17-18)13-3-2-6-21-13/h2-8H,1H3,(H,19,20). The molecule has 0 amide bonds. The van der Waals surface area contributed by atoms with Crippen molar-refractivity contribution in [3.8, 4) is 16.3 Å². The topological polar surface area (TPSA) is 55.1 Å². The lowest BCUT2D eigenvalue weighted by molar-refractivity contribution is 0.0697. The third-order valence-corrected chi connectivity index (χ3v) is 4.40. The Morgan fingerprint density at radius 2 is 2.19 bits per heavy atom. The number of carboxylic acid groups (broad SMARTS) is 1. The number of thiophene rings is 1. The minimum atomic E-state index is -0.997. The number of rotatable bonds is 3. The molecule has 0 atom stereocenters. The van der Waals surface area contributed by atoms with Gasteiger partial charge in [0.1, 0.15) is 11.3 Å². The Labute approximate surface area is 130 Å². The van der Waals surface area contributed by atoms with E-state index in [4.69, 9.17) is 11.6 Å². The van der Waals surface area contributed by atoms with Crippen LogP contribution in [-0.4, -0.2) is 20.9 Å². The van der Waals surface area contributed by atoms with E-state index in [0.29, 0.717) is 10.7 Å². The normalized spacial score (nSPS) is 10.8. The van der Waals surface area contributed by atoms with Crippen molar-refractivity contribution >= 4 is 28.9 Å². The molecule has 0 fully saturated rings. The summed E-state index contributed by atoms with van der Waals surface area (Å²) in [5.74, 6) is -0.997. The second-order valence-electron chi connectivity index (χ2n) is 4.55. The van der Waals surface area contributed by atoms with Crippen LogP contribution < -0.4 is 0 Å². The predicted molar refractivity (Wildman–Crippen MR) is 83.6 cm³/mol. The zero-order chi connectivity index (χ0) is 15.0. The average molecular weight is 319 g/mol. The lowest BCUT2D eigenvalue weighted by Gasteiger charge is -2.03. The van der Waals surface area contributed by atoms with E-state index in [9.17, 15) is 9.90 Å². The molecule has 4 nitrogen and oxygen atoms in total. The molecular formula is C15H11ClN2O2S. The first-order valence-electron chi connectivity index (χ1n) is 6.19. The van der Waals surface area contributed by atoms with Gasteiger partial charge in [0.05, 0.1) is 10.6 Å². The first-order valence-corrected chi connectivity index (χ1v) is 7.45. The minimum absolute atomic E-state index is 0.175. The van der Waals surface area contributed by atoms with Gasteiger partial charge in [0.15, 0.2) is 0 Å². The largest absolute Gasteiger partial charge is 0.478 e. The van der Waals surface area contributed by atoms with E-state index in [-0.39, 0.29) is 5.56 Å². The molecule has 0 unspecified atom stereocenters. The third-order valence-electron chi connectivity index (χ3n) is 3.12. The van der Waals surface area contributed by atoms with Crippen LogP contribution >= 0.6 is 22.9 Å². The van der Waals surface area contributed by atoms with E-state index in [1.807, 2.05) is 36.6 Å². The van der Waals surface area contributed by atoms with Gasteiger partial charge >= 0.3 is 5.97 Å². The summed E-state index contributed by atoms with van der Waals surface area (Å²) in [5.41, 5.74) is 2.34. The number of aromatic carboxylic acids is 1. The Morgan fingerprint density at radius 1 is 1.38 bits per heavy atom. The molecule has 6 heteroatoms. The van der Waals surface area contributed by atoms with Crippen molar-refractivity contribution in [3.63, 3.8) is 0 Å². The van der Waals surface area contributed by atoms with Crippen LogP contribution in [0.15, 0.2) is 41.9 Å². The Balaban J connectivity index is 2.14. The molecule has 0 bridgehead atoms. The number of hydrogen-bond donors (Lipinski definition) is 1. The van der Waals surface area contributed by atoms with Crippen molar-refractivity contribution in [1.29, 1.82) is 0 Å². The van der Waals surface area contributed by atoms with Crippen LogP contribution in [0.5, 0.6) is 0 Å². The van der Waals surface area contributed by atoms with Gasteiger partial charge in [-0.15, -0.1) is 11.3 Å². The monoisotopic (exact) mass is 318 g/mol. The molecule has 0 aliphatic rings. The second-order valence-corrected chi connectivity index (χ2v) is 5.91. The van der Waals surface area contributed by atoms with Crippen molar-refractivity contribution in [2.24, 2.45) is 0 Å². The number of carboxylic acids is 1. The van der Waals surface area contributed by atoms with E-state index in [1.165, 1.54) is 17.5 Å². The molecule has 0 saturated heterocycles. The van der Waals surface area contributed by atoms with Crippen LogP contribution in [-0.2, 0) is 0 Å². The van der Waals surface area contributed by atoms with Gasteiger partial charge in [-0.3, -0.25) is 0 Å². The summed E-state index contributed by atoms with van der Waals surface area (Å²) in [7, 11) is 0. The van der Waals surface area contributed by atoms with Gasteiger partial charge in [0.2, 0.25) is 0 Å². The number of halogens is 1. The Bertz CT molecular complexity index is 809. The molecule has 0 aliphatic heterocycles. The minimum Gasteiger partial charge on any atom is -0.478 e. The van der Waals surface area contributed by atoms with Crippen LogP contribution in [0.4, 0.5) is 0 Å². The summed E-state index contributed by atoms with van der Waals surface area (Å²) >= 11 is 7.57. The number of carbonyl (C=O) groups is 1. The van der Waals surface area contributed by atoms with Crippen molar-refractivity contribution in [2.45, 2.75) is 6.92 Å². The fourth-order valence-corrected chi connectivity index (χ4v) is 2.88. The molecule has 3 rings (SSSR count). The lowest BCUT2D eigenvalue weighted by Crippen LogP contribution is -1.96. The molecule has 21 heavy (non-hydrogen) atoms. The van der Waals surface area contributed by atoms with Gasteiger partial charge in [-0.2, -0.15) is 5.10 Å². The molecule has 0 radical (unpaired) electrons. The third kappa shape index (κ3) is 2.57. The molecule has 0 saturated carbocycles. The Hall–Kier alpha value is -2.11. The molecule has 0 aliphatic carbocycles. The van der Waals surface area contributed by atoms with Gasteiger partial charge < -0.3 is 5.11 Å². The van der Waals surface area contributed by atoms with Crippen molar-refractivity contribution in [3.05, 3.63) is 58.1 Å². The second kappa shape index (κ2) is 5.35. The number of benzene rings is 1. The summed E-state index contributed by atoms with van der Waals surface area (Å²) in [5, 5.41) is 16.3. The zero-order valence-electron chi connectivity index (χ0n) is 11.1. The lowest BCUT2D eigenvalue weighted by atomic mass is 10.2. The van der Waals surface area contributed by atoms with E-state index in [1.54, 1.807) is 10.7 Å². The maximum absolute atomic E-state index is 11.4. The average Bonchev–Trinajstić information content (AvgIpc) is 3.09. The molecular weight excluding hydrogens is 308 g/mol. The quantitative estimate of drug-likeness (QED) is 0.785. The van der Waals surface area contributed by atoms with Gasteiger partial charge in [-0.25, -0.2) is 9.48 Å². The van der Waals surface area contributed by atoms with Crippen molar-refractivity contribution in [1.82, 2.24) is 9.78 Å². The van der Waals surface area contributed by atoms with Crippen LogP contribution in [0, 0.1) is 6.92 Å². The maximum Gasteiger partial charge on any atom is 0.339 e. The molecule has 3 aromatic rings. The summed E-state index contributed by atoms with van der Waals surface area (Å²) in [4.78, 5) is 12.2. The predicted octanol–water partition coefficient (Wildman–Crippen LogP) is 4.26. The highest BCUT2D eigenvalue weighted by Gasteiger charge is 2.18. The molecule has 106 valence electrons. The van der Waals surface area contributed by atoms with E-state index < -0.39 is 5.97 Å². The zero-order valence-corrected chi connectivity index (χ0v) is 12.6. The number of aromatic nitrogens is 2. The number of nitrogens with zero attached hydrogens (tertiary/aromatic N) is 2. The van der Waals surface area contributed by atoms with Gasteiger partial charge in [-0.05, 0) is 36.1 Å². The summed E-state index contributed by atoms with van der Waals surface area (Å²) in [6, 6.07) is 9.23.